The van der Waals surface area contributed by atoms with Crippen LogP contribution < -0.4 is 4.90 Å². The molecule has 27 heavy (non-hydrogen) atoms. The Morgan fingerprint density at radius 3 is 2.00 bits per heavy atom. The summed E-state index contributed by atoms with van der Waals surface area (Å²) in [4.78, 5) is 12.2. The molecule has 0 amide bonds. The van der Waals surface area contributed by atoms with Crippen LogP contribution in [0, 0.1) is 0 Å². The van der Waals surface area contributed by atoms with Crippen LogP contribution in [-0.2, 0) is 0 Å². The summed E-state index contributed by atoms with van der Waals surface area (Å²) in [6.45, 7) is 5.31. The van der Waals surface area contributed by atoms with Gasteiger partial charge in [0.1, 0.15) is 5.82 Å². The highest BCUT2D eigenvalue weighted by molar-refractivity contribution is 6.17. The highest BCUT2D eigenvalue weighted by atomic mass is 35.5. The largest absolute Gasteiger partial charge is 0.353 e. The summed E-state index contributed by atoms with van der Waals surface area (Å²) in [5.41, 5.74) is 3.99. The summed E-state index contributed by atoms with van der Waals surface area (Å²) in [6.07, 6.45) is 3.95. The fourth-order valence-electron chi connectivity index (χ4n) is 3.14. The second-order valence-corrected chi connectivity index (χ2v) is 7.22. The molecule has 0 fully saturated rings. The maximum absolute atomic E-state index is 5.86. The normalized spacial score (nSPS) is 11.0. The number of alkyl halides is 1. The zero-order valence-corrected chi connectivity index (χ0v) is 16.7. The van der Waals surface area contributed by atoms with Gasteiger partial charge in [0.25, 0.3) is 0 Å². The first kappa shape index (κ1) is 19.4. The van der Waals surface area contributed by atoms with Crippen LogP contribution in [0.2, 0.25) is 0 Å². The molecule has 4 heteroatoms. The average molecular weight is 380 g/mol. The van der Waals surface area contributed by atoms with Gasteiger partial charge < -0.3 is 4.90 Å². The number of hydrogen-bond acceptors (Lipinski definition) is 3. The van der Waals surface area contributed by atoms with Gasteiger partial charge in [-0.2, -0.15) is 0 Å². The van der Waals surface area contributed by atoms with Crippen molar-refractivity contribution in [3.05, 3.63) is 66.9 Å². The van der Waals surface area contributed by atoms with E-state index in [0.29, 0.717) is 11.9 Å². The molecule has 2 aromatic carbocycles. The van der Waals surface area contributed by atoms with Crippen molar-refractivity contribution in [2.75, 3.05) is 17.3 Å². The lowest BCUT2D eigenvalue weighted by molar-refractivity contribution is 0.639. The summed E-state index contributed by atoms with van der Waals surface area (Å²) in [7, 11) is 0. The molecular formula is C23H26ClN3. The molecule has 0 aliphatic heterocycles. The van der Waals surface area contributed by atoms with E-state index in [4.69, 9.17) is 21.6 Å². The van der Waals surface area contributed by atoms with E-state index in [1.807, 2.05) is 42.6 Å². The molecule has 0 unspecified atom stereocenters. The Morgan fingerprint density at radius 2 is 1.44 bits per heavy atom. The van der Waals surface area contributed by atoms with E-state index in [1.54, 1.807) is 0 Å². The lowest BCUT2D eigenvalue weighted by Crippen LogP contribution is -2.32. The molecule has 1 heterocycles. The standard InChI is InChI=1S/C23H26ClN3/c1-18(2)27(16-10-9-15-24)21-17-25-22(19-11-5-3-6-12-19)23(26-21)20-13-7-4-8-14-20/h3-8,11-14,17-18H,9-10,15-16H2,1-2H3. The first-order valence-electron chi connectivity index (χ1n) is 9.51. The van der Waals surface area contributed by atoms with Gasteiger partial charge in [-0.25, -0.2) is 4.98 Å². The van der Waals surface area contributed by atoms with Gasteiger partial charge in [-0.15, -0.1) is 11.6 Å². The molecule has 0 radical (unpaired) electrons. The number of unbranched alkanes of at least 4 members (excludes halogenated alkanes) is 1. The molecule has 0 spiro atoms. The molecule has 0 saturated carbocycles. The maximum atomic E-state index is 5.86. The van der Waals surface area contributed by atoms with Crippen molar-refractivity contribution in [3.63, 3.8) is 0 Å². The fourth-order valence-corrected chi connectivity index (χ4v) is 3.33. The summed E-state index contributed by atoms with van der Waals surface area (Å²) in [6, 6.07) is 20.9. The van der Waals surface area contributed by atoms with Gasteiger partial charge in [-0.3, -0.25) is 4.98 Å². The summed E-state index contributed by atoms with van der Waals surface area (Å²) in [5.74, 6) is 1.61. The Kier molecular flexibility index (Phi) is 6.83. The minimum Gasteiger partial charge on any atom is -0.353 e. The van der Waals surface area contributed by atoms with E-state index in [0.717, 1.165) is 47.7 Å². The van der Waals surface area contributed by atoms with Gasteiger partial charge in [-0.1, -0.05) is 60.7 Å². The van der Waals surface area contributed by atoms with Crippen LogP contribution in [0.5, 0.6) is 0 Å². The van der Waals surface area contributed by atoms with Crippen molar-refractivity contribution in [2.45, 2.75) is 32.7 Å². The van der Waals surface area contributed by atoms with Crippen LogP contribution in [0.15, 0.2) is 66.9 Å². The van der Waals surface area contributed by atoms with E-state index in [1.165, 1.54) is 0 Å². The van der Waals surface area contributed by atoms with Crippen molar-refractivity contribution < 1.29 is 0 Å². The molecule has 3 aromatic rings. The summed E-state index contributed by atoms with van der Waals surface area (Å²) >= 11 is 5.86. The molecule has 0 bridgehead atoms. The third-order valence-corrected chi connectivity index (χ3v) is 4.82. The van der Waals surface area contributed by atoms with Crippen LogP contribution in [0.1, 0.15) is 26.7 Å². The average Bonchev–Trinajstić information content (AvgIpc) is 2.72. The number of halogens is 1. The van der Waals surface area contributed by atoms with E-state index < -0.39 is 0 Å². The molecule has 0 aliphatic carbocycles. The van der Waals surface area contributed by atoms with E-state index in [9.17, 15) is 0 Å². The van der Waals surface area contributed by atoms with Gasteiger partial charge in [0, 0.05) is 29.6 Å². The van der Waals surface area contributed by atoms with E-state index in [-0.39, 0.29) is 0 Å². The van der Waals surface area contributed by atoms with Gasteiger partial charge in [0.2, 0.25) is 0 Å². The van der Waals surface area contributed by atoms with Gasteiger partial charge >= 0.3 is 0 Å². The van der Waals surface area contributed by atoms with Crippen molar-refractivity contribution in [2.24, 2.45) is 0 Å². The van der Waals surface area contributed by atoms with Crippen LogP contribution >= 0.6 is 11.6 Å². The number of aromatic nitrogens is 2. The van der Waals surface area contributed by atoms with Crippen molar-refractivity contribution >= 4 is 17.4 Å². The van der Waals surface area contributed by atoms with E-state index >= 15 is 0 Å². The van der Waals surface area contributed by atoms with Crippen molar-refractivity contribution in [1.82, 2.24) is 9.97 Å². The Bertz CT molecular complexity index is 835. The van der Waals surface area contributed by atoms with Crippen LogP contribution in [-0.4, -0.2) is 28.4 Å². The predicted molar refractivity (Wildman–Crippen MR) is 115 cm³/mol. The summed E-state index contributed by atoms with van der Waals surface area (Å²) in [5, 5.41) is 0. The third-order valence-electron chi connectivity index (χ3n) is 4.55. The monoisotopic (exact) mass is 379 g/mol. The van der Waals surface area contributed by atoms with Gasteiger partial charge in [0.05, 0.1) is 17.6 Å². The molecule has 140 valence electrons. The predicted octanol–water partition coefficient (Wildman–Crippen LogP) is 6.04. The molecule has 3 nitrogen and oxygen atoms in total. The van der Waals surface area contributed by atoms with Crippen LogP contribution in [0.4, 0.5) is 5.82 Å². The van der Waals surface area contributed by atoms with Crippen LogP contribution in [0.3, 0.4) is 0 Å². The first-order valence-corrected chi connectivity index (χ1v) is 10.0. The fraction of sp³-hybridized carbons (Fsp3) is 0.304. The Labute approximate surface area is 167 Å². The van der Waals surface area contributed by atoms with Crippen molar-refractivity contribution in [1.29, 1.82) is 0 Å². The molecule has 0 saturated heterocycles. The highest BCUT2D eigenvalue weighted by Crippen LogP contribution is 2.30. The molecule has 3 rings (SSSR count). The van der Waals surface area contributed by atoms with Gasteiger partial charge in [0.15, 0.2) is 0 Å². The molecule has 0 aliphatic rings. The SMILES string of the molecule is CC(C)N(CCCCCl)c1cnc(-c2ccccc2)c(-c2ccccc2)n1. The Morgan fingerprint density at radius 1 is 0.852 bits per heavy atom. The van der Waals surface area contributed by atoms with Crippen molar-refractivity contribution in [3.8, 4) is 22.5 Å². The maximum Gasteiger partial charge on any atom is 0.148 e. The van der Waals surface area contributed by atoms with Gasteiger partial charge in [-0.05, 0) is 26.7 Å². The summed E-state index contributed by atoms with van der Waals surface area (Å²) < 4.78 is 0. The zero-order valence-electron chi connectivity index (χ0n) is 16.0. The number of nitrogens with zero attached hydrogens (tertiary/aromatic N) is 3. The highest BCUT2D eigenvalue weighted by Gasteiger charge is 2.17. The Balaban J connectivity index is 2.05. The number of hydrogen-bond donors (Lipinski definition) is 0. The lowest BCUT2D eigenvalue weighted by atomic mass is 10.0. The van der Waals surface area contributed by atoms with E-state index in [2.05, 4.69) is 43.0 Å². The molecule has 1 aromatic heterocycles. The second kappa shape index (κ2) is 9.52. The minimum absolute atomic E-state index is 0.348. The molecule has 0 N–H and O–H groups in total. The first-order chi connectivity index (χ1) is 13.2. The second-order valence-electron chi connectivity index (χ2n) is 6.84. The van der Waals surface area contributed by atoms with Crippen LogP contribution in [0.25, 0.3) is 22.5 Å². The number of benzene rings is 2. The minimum atomic E-state index is 0.348. The third kappa shape index (κ3) is 4.86. The molecular weight excluding hydrogens is 354 g/mol. The Hall–Kier alpha value is -2.39. The number of anilines is 1. The lowest BCUT2D eigenvalue weighted by Gasteiger charge is -2.28. The number of rotatable bonds is 8. The molecule has 0 atom stereocenters. The smallest absolute Gasteiger partial charge is 0.148 e. The topological polar surface area (TPSA) is 29.0 Å². The zero-order chi connectivity index (χ0) is 19.1. The quantitative estimate of drug-likeness (QED) is 0.352.